The number of nitrogens with one attached hydrogen (secondary N) is 1. The molecule has 1 unspecified atom stereocenters. The fourth-order valence-electron chi connectivity index (χ4n) is 2.31. The molecule has 2 aromatic carbocycles. The zero-order valence-electron chi connectivity index (χ0n) is 13.1. The van der Waals surface area contributed by atoms with Crippen molar-refractivity contribution in [2.45, 2.75) is 24.1 Å². The van der Waals surface area contributed by atoms with Crippen LogP contribution in [0.5, 0.6) is 0 Å². The number of carbonyl (C=O) groups is 1. The Labute approximate surface area is 140 Å². The Morgan fingerprint density at radius 2 is 1.91 bits per heavy atom. The van der Waals surface area contributed by atoms with Crippen LogP contribution in [0.2, 0.25) is 0 Å². The second-order valence-electron chi connectivity index (χ2n) is 5.46. The smallest absolute Gasteiger partial charge is 0.237 e. The van der Waals surface area contributed by atoms with Gasteiger partial charge in [-0.25, -0.2) is 4.98 Å². The average molecular weight is 322 g/mol. The molecule has 0 aliphatic heterocycles. The van der Waals surface area contributed by atoms with Crippen LogP contribution in [0, 0.1) is 6.92 Å². The Bertz CT molecular complexity index is 847. The topological polar surface area (TPSA) is 42.0 Å². The first-order valence-electron chi connectivity index (χ1n) is 7.52. The predicted octanol–water partition coefficient (Wildman–Crippen LogP) is 4.66. The maximum absolute atomic E-state index is 12.3. The minimum Gasteiger partial charge on any atom is -0.325 e. The molecule has 116 valence electrons. The highest BCUT2D eigenvalue weighted by molar-refractivity contribution is 8.00. The lowest BCUT2D eigenvalue weighted by Crippen LogP contribution is -2.22. The highest BCUT2D eigenvalue weighted by Crippen LogP contribution is 2.25. The number of amides is 1. The molecule has 0 fully saturated rings. The first-order chi connectivity index (χ1) is 11.1. The largest absolute Gasteiger partial charge is 0.325 e. The molecular formula is C19H18N2OS. The maximum atomic E-state index is 12.3. The van der Waals surface area contributed by atoms with E-state index in [1.165, 1.54) is 11.8 Å². The zero-order chi connectivity index (χ0) is 16.2. The van der Waals surface area contributed by atoms with Crippen molar-refractivity contribution in [3.8, 4) is 0 Å². The summed E-state index contributed by atoms with van der Waals surface area (Å²) >= 11 is 1.47. The number of pyridine rings is 1. The summed E-state index contributed by atoms with van der Waals surface area (Å²) in [4.78, 5) is 16.9. The van der Waals surface area contributed by atoms with Crippen LogP contribution in [0.25, 0.3) is 10.9 Å². The molecule has 3 rings (SSSR count). The van der Waals surface area contributed by atoms with Crippen molar-refractivity contribution in [1.82, 2.24) is 4.98 Å². The van der Waals surface area contributed by atoms with Crippen LogP contribution in [0.4, 0.5) is 5.69 Å². The number of nitrogens with zero attached hydrogens (tertiary/aromatic N) is 1. The normalized spacial score (nSPS) is 12.1. The van der Waals surface area contributed by atoms with Crippen LogP contribution < -0.4 is 5.32 Å². The summed E-state index contributed by atoms with van der Waals surface area (Å²) in [6.07, 6.45) is 0. The number of hydrogen-bond donors (Lipinski definition) is 1. The van der Waals surface area contributed by atoms with E-state index in [2.05, 4.69) is 10.3 Å². The van der Waals surface area contributed by atoms with Crippen molar-refractivity contribution < 1.29 is 4.79 Å². The summed E-state index contributed by atoms with van der Waals surface area (Å²) in [5, 5.41) is 4.70. The number of benzene rings is 2. The van der Waals surface area contributed by atoms with Crippen molar-refractivity contribution in [3.05, 3.63) is 66.2 Å². The number of aryl methyl sites for hydroxylation is 1. The molecule has 3 aromatic rings. The van der Waals surface area contributed by atoms with Gasteiger partial charge >= 0.3 is 0 Å². The molecule has 0 aliphatic carbocycles. The fraction of sp³-hybridized carbons (Fsp3) is 0.158. The van der Waals surface area contributed by atoms with Gasteiger partial charge in [0.05, 0.1) is 15.8 Å². The number of aromatic nitrogens is 1. The standard InChI is InChI=1S/C19H18N2OS/c1-13-6-5-8-16(12-13)20-19(22)14(2)23-18-11-10-15-7-3-4-9-17(15)21-18/h3-12,14H,1-2H3,(H,20,22). The SMILES string of the molecule is Cc1cccc(NC(=O)C(C)Sc2ccc3ccccc3n2)c1. The van der Waals surface area contributed by atoms with Crippen molar-refractivity contribution in [2.75, 3.05) is 5.32 Å². The van der Waals surface area contributed by atoms with Crippen LogP contribution in [0.3, 0.4) is 0 Å². The number of carbonyl (C=O) groups excluding carboxylic acids is 1. The Hall–Kier alpha value is -2.33. The van der Waals surface area contributed by atoms with Gasteiger partial charge in [-0.15, -0.1) is 0 Å². The molecule has 0 aliphatic rings. The lowest BCUT2D eigenvalue weighted by molar-refractivity contribution is -0.115. The summed E-state index contributed by atoms with van der Waals surface area (Å²) in [5.41, 5.74) is 2.90. The summed E-state index contributed by atoms with van der Waals surface area (Å²) in [5.74, 6) is -0.0180. The van der Waals surface area contributed by atoms with Gasteiger partial charge in [-0.05, 0) is 43.7 Å². The van der Waals surface area contributed by atoms with Gasteiger partial charge in [0.25, 0.3) is 0 Å². The lowest BCUT2D eigenvalue weighted by Gasteiger charge is -2.12. The number of fused-ring (bicyclic) bond motifs is 1. The third-order valence-corrected chi connectivity index (χ3v) is 4.56. The number of thioether (sulfide) groups is 1. The molecule has 1 N–H and O–H groups in total. The molecular weight excluding hydrogens is 304 g/mol. The van der Waals surface area contributed by atoms with E-state index >= 15 is 0 Å². The van der Waals surface area contributed by atoms with Gasteiger partial charge in [-0.3, -0.25) is 4.79 Å². The molecule has 0 bridgehead atoms. The Balaban J connectivity index is 1.69. The lowest BCUT2D eigenvalue weighted by atomic mass is 10.2. The van der Waals surface area contributed by atoms with Crippen molar-refractivity contribution in [3.63, 3.8) is 0 Å². The Kier molecular flexibility index (Phi) is 4.63. The molecule has 4 heteroatoms. The van der Waals surface area contributed by atoms with E-state index in [1.54, 1.807) is 0 Å². The quantitative estimate of drug-likeness (QED) is 0.710. The first kappa shape index (κ1) is 15.6. The number of hydrogen-bond acceptors (Lipinski definition) is 3. The molecule has 3 nitrogen and oxygen atoms in total. The fourth-order valence-corrected chi connectivity index (χ4v) is 3.14. The second-order valence-corrected chi connectivity index (χ2v) is 6.82. The van der Waals surface area contributed by atoms with Gasteiger partial charge in [-0.2, -0.15) is 0 Å². The molecule has 0 radical (unpaired) electrons. The van der Waals surface area contributed by atoms with Gasteiger partial charge in [0, 0.05) is 11.1 Å². The maximum Gasteiger partial charge on any atom is 0.237 e. The molecule has 1 aromatic heterocycles. The monoisotopic (exact) mass is 322 g/mol. The summed E-state index contributed by atoms with van der Waals surface area (Å²) in [7, 11) is 0. The molecule has 1 heterocycles. The third-order valence-electron chi connectivity index (χ3n) is 3.53. The van der Waals surface area contributed by atoms with Crippen LogP contribution in [0.1, 0.15) is 12.5 Å². The van der Waals surface area contributed by atoms with Crippen LogP contribution >= 0.6 is 11.8 Å². The molecule has 0 saturated carbocycles. The molecule has 23 heavy (non-hydrogen) atoms. The molecule has 0 spiro atoms. The number of anilines is 1. The van der Waals surface area contributed by atoms with E-state index in [-0.39, 0.29) is 11.2 Å². The number of rotatable bonds is 4. The van der Waals surface area contributed by atoms with Crippen LogP contribution in [0.15, 0.2) is 65.7 Å². The molecule has 1 amide bonds. The summed E-state index contributed by atoms with van der Waals surface area (Å²) in [6.45, 7) is 3.90. The highest BCUT2D eigenvalue weighted by atomic mass is 32.2. The summed E-state index contributed by atoms with van der Waals surface area (Å²) < 4.78 is 0. The molecule has 1 atom stereocenters. The summed E-state index contributed by atoms with van der Waals surface area (Å²) in [6, 6.07) is 19.8. The van der Waals surface area contributed by atoms with Crippen LogP contribution in [-0.2, 0) is 4.79 Å². The second kappa shape index (κ2) is 6.84. The Morgan fingerprint density at radius 3 is 2.74 bits per heavy atom. The van der Waals surface area contributed by atoms with E-state index in [0.29, 0.717) is 0 Å². The van der Waals surface area contributed by atoms with Gasteiger partial charge in [0.2, 0.25) is 5.91 Å². The third kappa shape index (κ3) is 3.90. The van der Waals surface area contributed by atoms with Gasteiger partial charge in [0.1, 0.15) is 0 Å². The van der Waals surface area contributed by atoms with E-state index in [4.69, 9.17) is 0 Å². The van der Waals surface area contributed by atoms with E-state index in [1.807, 2.05) is 74.5 Å². The Morgan fingerprint density at radius 1 is 1.09 bits per heavy atom. The molecule has 0 saturated heterocycles. The van der Waals surface area contributed by atoms with Crippen molar-refractivity contribution in [1.29, 1.82) is 0 Å². The zero-order valence-corrected chi connectivity index (χ0v) is 13.9. The van der Waals surface area contributed by atoms with E-state index in [0.717, 1.165) is 27.2 Å². The predicted molar refractivity (Wildman–Crippen MR) is 96.9 cm³/mol. The van der Waals surface area contributed by atoms with Gasteiger partial charge in [0.15, 0.2) is 0 Å². The van der Waals surface area contributed by atoms with Crippen molar-refractivity contribution in [2.24, 2.45) is 0 Å². The van der Waals surface area contributed by atoms with Crippen LogP contribution in [-0.4, -0.2) is 16.1 Å². The minimum absolute atomic E-state index is 0.0180. The van der Waals surface area contributed by atoms with E-state index < -0.39 is 0 Å². The first-order valence-corrected chi connectivity index (χ1v) is 8.40. The average Bonchev–Trinajstić information content (AvgIpc) is 2.54. The minimum atomic E-state index is -0.218. The number of para-hydroxylation sites is 1. The van der Waals surface area contributed by atoms with Gasteiger partial charge in [-0.1, -0.05) is 48.2 Å². The highest BCUT2D eigenvalue weighted by Gasteiger charge is 2.15. The van der Waals surface area contributed by atoms with E-state index in [9.17, 15) is 4.79 Å². The van der Waals surface area contributed by atoms with Crippen molar-refractivity contribution >= 4 is 34.3 Å². The van der Waals surface area contributed by atoms with Gasteiger partial charge < -0.3 is 5.32 Å².